The number of unbranched alkanes of at least 4 members (excludes halogenated alkanes) is 12. The predicted molar refractivity (Wildman–Crippen MR) is 338 cm³/mol. The van der Waals surface area contributed by atoms with Crippen LogP contribution in [0.4, 0.5) is 0 Å². The standard InChI is InChI=1S/C72H110O6/c1-4-7-10-13-16-18-20-22-24-26-28-30-32-33-34-35-36-37-38-39-41-42-44-46-48-50-52-54-56-59-62-65-71(74)77-68-69(67-76-70(73)64-61-58-15-12-9-6-3)78-72(75)66-63-60-57-55-53-51-49-47-45-43-40-31-29-27-25-23-21-19-17-14-11-8-5-2/h7-8,10-11,16-19,22-25,28-31,33-34,36-37,39,41,43-46,49-52,69H,4-6,9,12-15,20-21,26-27,32,35,38,40,42,47-48,53-68H2,1-3H3/b10-7-,11-8-,18-16-,19-17-,24-22-,25-23-,30-28-,31-29-,34-33-,37-36-,41-39-,45-43-,46-44-,51-49-,52-50-. The summed E-state index contributed by atoms with van der Waals surface area (Å²) in [7, 11) is 0. The molecule has 434 valence electrons. The third-order valence-corrected chi connectivity index (χ3v) is 12.2. The van der Waals surface area contributed by atoms with E-state index in [9.17, 15) is 14.4 Å². The maximum Gasteiger partial charge on any atom is 0.306 e. The van der Waals surface area contributed by atoms with Crippen molar-refractivity contribution in [3.05, 3.63) is 182 Å². The second-order valence-electron chi connectivity index (χ2n) is 19.5. The summed E-state index contributed by atoms with van der Waals surface area (Å²) in [5.74, 6) is -0.989. The van der Waals surface area contributed by atoms with Gasteiger partial charge in [-0.2, -0.15) is 0 Å². The van der Waals surface area contributed by atoms with Gasteiger partial charge in [0.05, 0.1) is 0 Å². The van der Waals surface area contributed by atoms with Gasteiger partial charge in [0.15, 0.2) is 6.10 Å². The lowest BCUT2D eigenvalue weighted by Gasteiger charge is -2.18. The zero-order chi connectivity index (χ0) is 56.4. The smallest absolute Gasteiger partial charge is 0.306 e. The molecule has 0 aliphatic carbocycles. The Balaban J connectivity index is 4.30. The van der Waals surface area contributed by atoms with Crippen molar-refractivity contribution in [3.63, 3.8) is 0 Å². The minimum atomic E-state index is -0.813. The maximum absolute atomic E-state index is 12.8. The number of hydrogen-bond acceptors (Lipinski definition) is 6. The van der Waals surface area contributed by atoms with Crippen LogP contribution < -0.4 is 0 Å². The number of esters is 3. The summed E-state index contributed by atoms with van der Waals surface area (Å²) < 4.78 is 16.7. The van der Waals surface area contributed by atoms with E-state index in [4.69, 9.17) is 14.2 Å². The van der Waals surface area contributed by atoms with Gasteiger partial charge >= 0.3 is 17.9 Å². The fourth-order valence-electron chi connectivity index (χ4n) is 7.61. The Kier molecular flexibility index (Phi) is 59.5. The first-order valence-corrected chi connectivity index (χ1v) is 30.8. The summed E-state index contributed by atoms with van der Waals surface area (Å²) in [5, 5.41) is 0. The van der Waals surface area contributed by atoms with E-state index in [1.54, 1.807) is 0 Å². The average Bonchev–Trinajstić information content (AvgIpc) is 3.44. The first-order valence-electron chi connectivity index (χ1n) is 30.8. The first-order chi connectivity index (χ1) is 38.5. The van der Waals surface area contributed by atoms with Gasteiger partial charge in [0.2, 0.25) is 0 Å². The molecule has 1 atom stereocenters. The molecule has 0 rings (SSSR count). The molecule has 0 fully saturated rings. The lowest BCUT2D eigenvalue weighted by molar-refractivity contribution is -0.167. The summed E-state index contributed by atoms with van der Waals surface area (Å²) in [6.45, 7) is 6.28. The van der Waals surface area contributed by atoms with Crippen molar-refractivity contribution in [1.82, 2.24) is 0 Å². The van der Waals surface area contributed by atoms with E-state index < -0.39 is 6.10 Å². The fraction of sp³-hybridized carbons (Fsp3) is 0.542. The summed E-state index contributed by atoms with van der Waals surface area (Å²) >= 11 is 0. The van der Waals surface area contributed by atoms with Crippen LogP contribution >= 0.6 is 0 Å². The molecular weight excluding hydrogens is 961 g/mol. The molecule has 0 saturated carbocycles. The summed E-state index contributed by atoms with van der Waals surface area (Å²) in [4.78, 5) is 38.0. The van der Waals surface area contributed by atoms with Crippen molar-refractivity contribution in [1.29, 1.82) is 0 Å². The second kappa shape index (κ2) is 64.0. The minimum absolute atomic E-state index is 0.108. The van der Waals surface area contributed by atoms with E-state index in [0.717, 1.165) is 173 Å². The molecule has 0 aromatic heterocycles. The van der Waals surface area contributed by atoms with Crippen molar-refractivity contribution >= 4 is 17.9 Å². The van der Waals surface area contributed by atoms with Gasteiger partial charge in [-0.3, -0.25) is 14.4 Å². The molecule has 0 N–H and O–H groups in total. The zero-order valence-electron chi connectivity index (χ0n) is 49.6. The Morgan fingerprint density at radius 1 is 0.269 bits per heavy atom. The van der Waals surface area contributed by atoms with Crippen LogP contribution in [0.15, 0.2) is 182 Å². The number of carbonyl (C=O) groups is 3. The average molecular weight is 1070 g/mol. The minimum Gasteiger partial charge on any atom is -0.462 e. The Hall–Kier alpha value is -5.49. The van der Waals surface area contributed by atoms with Crippen molar-refractivity contribution in [2.24, 2.45) is 0 Å². The highest BCUT2D eigenvalue weighted by atomic mass is 16.6. The van der Waals surface area contributed by atoms with Gasteiger partial charge in [0.25, 0.3) is 0 Å². The molecule has 0 aromatic rings. The fourth-order valence-corrected chi connectivity index (χ4v) is 7.61. The van der Waals surface area contributed by atoms with Crippen LogP contribution in [0, 0.1) is 0 Å². The highest BCUT2D eigenvalue weighted by Gasteiger charge is 2.19. The molecule has 6 nitrogen and oxygen atoms in total. The molecule has 0 bridgehead atoms. The molecule has 0 amide bonds. The van der Waals surface area contributed by atoms with E-state index in [1.807, 2.05) is 0 Å². The predicted octanol–water partition coefficient (Wildman–Crippen LogP) is 21.3. The third-order valence-electron chi connectivity index (χ3n) is 12.2. The molecule has 6 heteroatoms. The van der Waals surface area contributed by atoms with Crippen molar-refractivity contribution < 1.29 is 28.6 Å². The lowest BCUT2D eigenvalue weighted by atomic mass is 10.1. The topological polar surface area (TPSA) is 78.9 Å². The van der Waals surface area contributed by atoms with Crippen LogP contribution in [-0.4, -0.2) is 37.2 Å². The first kappa shape index (κ1) is 72.5. The number of rotatable bonds is 53. The molecule has 0 radical (unpaired) electrons. The van der Waals surface area contributed by atoms with Crippen molar-refractivity contribution in [3.8, 4) is 0 Å². The van der Waals surface area contributed by atoms with Crippen molar-refractivity contribution in [2.75, 3.05) is 13.2 Å². The van der Waals surface area contributed by atoms with Gasteiger partial charge in [-0.25, -0.2) is 0 Å². The van der Waals surface area contributed by atoms with Crippen LogP contribution in [0.5, 0.6) is 0 Å². The van der Waals surface area contributed by atoms with E-state index >= 15 is 0 Å². The summed E-state index contributed by atoms with van der Waals surface area (Å²) in [6, 6.07) is 0. The molecule has 0 spiro atoms. The number of carbonyl (C=O) groups excluding carboxylic acids is 3. The SMILES string of the molecule is CC/C=C\C/C=C\C/C=C\C/C=C\C/C=C\C/C=C\C/C=C\C/C=C\C/C=C\CCCCCC(=O)OCC(COC(=O)CCCCCCCC)OC(=O)CCCCCC/C=C\C/C=C\C/C=C\C/C=C\C/C=C\C/C=C\CC. The Labute approximate surface area is 478 Å². The Morgan fingerprint density at radius 2 is 0.500 bits per heavy atom. The van der Waals surface area contributed by atoms with Gasteiger partial charge in [-0.1, -0.05) is 254 Å². The highest BCUT2D eigenvalue weighted by Crippen LogP contribution is 2.12. The monoisotopic (exact) mass is 1070 g/mol. The Morgan fingerprint density at radius 3 is 0.795 bits per heavy atom. The third kappa shape index (κ3) is 61.4. The van der Waals surface area contributed by atoms with Crippen LogP contribution in [0.3, 0.4) is 0 Å². The summed E-state index contributed by atoms with van der Waals surface area (Å²) in [5.41, 5.74) is 0. The normalized spacial score (nSPS) is 13.4. The molecule has 78 heavy (non-hydrogen) atoms. The van der Waals surface area contributed by atoms with E-state index in [0.29, 0.717) is 12.8 Å². The summed E-state index contributed by atoms with van der Waals surface area (Å²) in [6.07, 6.45) is 96.4. The van der Waals surface area contributed by atoms with Crippen LogP contribution in [0.2, 0.25) is 0 Å². The second-order valence-corrected chi connectivity index (χ2v) is 19.5. The van der Waals surface area contributed by atoms with Crippen LogP contribution in [0.25, 0.3) is 0 Å². The molecule has 0 aromatic carbocycles. The quantitative estimate of drug-likeness (QED) is 0.0261. The largest absolute Gasteiger partial charge is 0.462 e. The van der Waals surface area contributed by atoms with Crippen molar-refractivity contribution in [2.45, 2.75) is 239 Å². The number of allylic oxidation sites excluding steroid dienone is 30. The molecule has 0 aliphatic rings. The van der Waals surface area contributed by atoms with Gasteiger partial charge in [-0.15, -0.1) is 0 Å². The van der Waals surface area contributed by atoms with Gasteiger partial charge in [0.1, 0.15) is 13.2 Å². The van der Waals surface area contributed by atoms with Crippen LogP contribution in [0.1, 0.15) is 233 Å². The molecule has 0 heterocycles. The van der Waals surface area contributed by atoms with E-state index in [2.05, 4.69) is 203 Å². The Bertz CT molecular complexity index is 1850. The maximum atomic E-state index is 12.8. The van der Waals surface area contributed by atoms with Gasteiger partial charge in [0, 0.05) is 19.3 Å². The van der Waals surface area contributed by atoms with Gasteiger partial charge < -0.3 is 14.2 Å². The zero-order valence-corrected chi connectivity index (χ0v) is 49.6. The van der Waals surface area contributed by atoms with E-state index in [-0.39, 0.29) is 37.5 Å². The molecule has 0 aliphatic heterocycles. The molecule has 1 unspecified atom stereocenters. The number of ether oxygens (including phenoxy) is 3. The van der Waals surface area contributed by atoms with Crippen LogP contribution in [-0.2, 0) is 28.6 Å². The molecular formula is C72H110O6. The number of hydrogen-bond donors (Lipinski definition) is 0. The lowest BCUT2D eigenvalue weighted by Crippen LogP contribution is -2.30. The van der Waals surface area contributed by atoms with E-state index in [1.165, 1.54) is 19.3 Å². The highest BCUT2D eigenvalue weighted by molar-refractivity contribution is 5.71. The van der Waals surface area contributed by atoms with Gasteiger partial charge in [-0.05, 0) is 141 Å². The molecule has 0 saturated heterocycles.